The quantitative estimate of drug-likeness (QED) is 0.744. The Balaban J connectivity index is 1.60. The maximum absolute atomic E-state index is 11.9. The molecule has 120 valence electrons. The summed E-state index contributed by atoms with van der Waals surface area (Å²) in [4.78, 5) is 25.5. The first-order chi connectivity index (χ1) is 10.1. The zero-order valence-corrected chi connectivity index (χ0v) is 13.0. The lowest BCUT2D eigenvalue weighted by Crippen LogP contribution is -2.38. The molecule has 21 heavy (non-hydrogen) atoms. The lowest BCUT2D eigenvalue weighted by Gasteiger charge is -2.22. The number of nitrogens with one attached hydrogen (secondary N) is 1. The van der Waals surface area contributed by atoms with E-state index in [1.165, 1.54) is 6.42 Å². The van der Waals surface area contributed by atoms with Crippen molar-refractivity contribution >= 4 is 11.8 Å². The summed E-state index contributed by atoms with van der Waals surface area (Å²) in [6.07, 6.45) is 7.53. The van der Waals surface area contributed by atoms with E-state index in [2.05, 4.69) is 5.32 Å². The highest BCUT2D eigenvalue weighted by atomic mass is 16.3. The van der Waals surface area contributed by atoms with Crippen molar-refractivity contribution in [2.24, 2.45) is 11.8 Å². The molecule has 1 atom stereocenters. The summed E-state index contributed by atoms with van der Waals surface area (Å²) in [6.45, 7) is 0.804. The van der Waals surface area contributed by atoms with Crippen LogP contribution in [-0.4, -0.2) is 48.1 Å². The Hall–Kier alpha value is -1.10. The molecule has 2 amide bonds. The molecule has 2 fully saturated rings. The average Bonchev–Trinajstić information content (AvgIpc) is 3.32. The standard InChI is InChI=1S/C16H28N2O3/c1-18(11-14(19)12-7-8-12)15(20)9-10-17-16(21)13-5-3-2-4-6-13/h12-14,19H,2-11H2,1H3,(H,17,21). The van der Waals surface area contributed by atoms with Crippen LogP contribution >= 0.6 is 0 Å². The third-order valence-electron chi connectivity index (χ3n) is 4.67. The molecule has 5 nitrogen and oxygen atoms in total. The third-order valence-corrected chi connectivity index (χ3v) is 4.67. The van der Waals surface area contributed by atoms with Crippen molar-refractivity contribution in [2.45, 2.75) is 57.5 Å². The number of hydrogen-bond donors (Lipinski definition) is 2. The molecule has 5 heteroatoms. The zero-order valence-electron chi connectivity index (χ0n) is 13.0. The molecular formula is C16H28N2O3. The average molecular weight is 296 g/mol. The number of aliphatic hydroxyl groups is 1. The summed E-state index contributed by atoms with van der Waals surface area (Å²) in [7, 11) is 1.72. The van der Waals surface area contributed by atoms with Gasteiger partial charge in [-0.2, -0.15) is 0 Å². The van der Waals surface area contributed by atoms with Crippen LogP contribution in [0.15, 0.2) is 0 Å². The van der Waals surface area contributed by atoms with E-state index in [0.717, 1.165) is 38.5 Å². The number of nitrogens with zero attached hydrogens (tertiary/aromatic N) is 1. The summed E-state index contributed by atoms with van der Waals surface area (Å²) in [5.74, 6) is 0.608. The SMILES string of the molecule is CN(CC(O)C1CC1)C(=O)CCNC(=O)C1CCCCC1. The first-order valence-corrected chi connectivity index (χ1v) is 8.27. The normalized spacial score (nSPS) is 20.9. The second-order valence-electron chi connectivity index (χ2n) is 6.56. The fourth-order valence-corrected chi connectivity index (χ4v) is 3.01. The second-order valence-corrected chi connectivity index (χ2v) is 6.56. The third kappa shape index (κ3) is 5.30. The molecule has 2 rings (SSSR count). The minimum absolute atomic E-state index is 0.0151. The van der Waals surface area contributed by atoms with Gasteiger partial charge in [0.2, 0.25) is 11.8 Å². The van der Waals surface area contributed by atoms with E-state index in [0.29, 0.717) is 25.4 Å². The van der Waals surface area contributed by atoms with Crippen molar-refractivity contribution in [3.8, 4) is 0 Å². The summed E-state index contributed by atoms with van der Waals surface area (Å²) in [5, 5.41) is 12.7. The van der Waals surface area contributed by atoms with E-state index in [9.17, 15) is 14.7 Å². The highest BCUT2D eigenvalue weighted by molar-refractivity contribution is 5.80. The minimum atomic E-state index is -0.393. The van der Waals surface area contributed by atoms with Crippen LogP contribution in [0.25, 0.3) is 0 Å². The molecule has 1 unspecified atom stereocenters. The van der Waals surface area contributed by atoms with Crippen LogP contribution in [0.4, 0.5) is 0 Å². The molecule has 0 spiro atoms. The van der Waals surface area contributed by atoms with Crippen molar-refractivity contribution in [1.29, 1.82) is 0 Å². The molecule has 0 heterocycles. The number of carbonyl (C=O) groups is 2. The Kier molecular flexibility index (Phi) is 6.03. The monoisotopic (exact) mass is 296 g/mol. The molecule has 2 aliphatic carbocycles. The van der Waals surface area contributed by atoms with Crippen molar-refractivity contribution in [1.82, 2.24) is 10.2 Å². The van der Waals surface area contributed by atoms with E-state index >= 15 is 0 Å². The van der Waals surface area contributed by atoms with Crippen LogP contribution in [0.2, 0.25) is 0 Å². The summed E-state index contributed by atoms with van der Waals surface area (Å²) in [6, 6.07) is 0. The molecule has 2 N–H and O–H groups in total. The number of amides is 2. The van der Waals surface area contributed by atoms with Gasteiger partial charge in [-0.15, -0.1) is 0 Å². The zero-order chi connectivity index (χ0) is 15.2. The first kappa shape index (κ1) is 16.3. The predicted octanol–water partition coefficient (Wildman–Crippen LogP) is 1.30. The van der Waals surface area contributed by atoms with Crippen LogP contribution in [-0.2, 0) is 9.59 Å². The van der Waals surface area contributed by atoms with Gasteiger partial charge >= 0.3 is 0 Å². The van der Waals surface area contributed by atoms with Gasteiger partial charge in [0.05, 0.1) is 6.10 Å². The molecule has 0 radical (unpaired) electrons. The Morgan fingerprint density at radius 3 is 2.48 bits per heavy atom. The lowest BCUT2D eigenvalue weighted by atomic mass is 9.89. The molecule has 0 aromatic rings. The number of rotatable bonds is 7. The van der Waals surface area contributed by atoms with Crippen LogP contribution in [0.3, 0.4) is 0 Å². The van der Waals surface area contributed by atoms with Gasteiger partial charge in [0.1, 0.15) is 0 Å². The molecule has 0 saturated heterocycles. The van der Waals surface area contributed by atoms with E-state index in [1.54, 1.807) is 11.9 Å². The number of hydrogen-bond acceptors (Lipinski definition) is 3. The highest BCUT2D eigenvalue weighted by Crippen LogP contribution is 2.32. The van der Waals surface area contributed by atoms with Gasteiger partial charge < -0.3 is 15.3 Å². The summed E-state index contributed by atoms with van der Waals surface area (Å²) in [5.41, 5.74) is 0. The Labute approximate surface area is 127 Å². The number of likely N-dealkylation sites (N-methyl/N-ethyl adjacent to an activating group) is 1. The molecular weight excluding hydrogens is 268 g/mol. The number of aliphatic hydroxyl groups excluding tert-OH is 1. The fraction of sp³-hybridized carbons (Fsp3) is 0.875. The molecule has 0 aromatic heterocycles. The molecule has 2 saturated carbocycles. The van der Waals surface area contributed by atoms with Gasteiger partial charge in [-0.05, 0) is 31.6 Å². The predicted molar refractivity (Wildman–Crippen MR) is 80.6 cm³/mol. The maximum Gasteiger partial charge on any atom is 0.224 e. The van der Waals surface area contributed by atoms with Crippen molar-refractivity contribution in [3.05, 3.63) is 0 Å². The van der Waals surface area contributed by atoms with Crippen LogP contribution in [0.1, 0.15) is 51.4 Å². The van der Waals surface area contributed by atoms with Crippen LogP contribution in [0.5, 0.6) is 0 Å². The van der Waals surface area contributed by atoms with Gasteiger partial charge in [0.15, 0.2) is 0 Å². The van der Waals surface area contributed by atoms with Gasteiger partial charge in [-0.3, -0.25) is 9.59 Å². The highest BCUT2D eigenvalue weighted by Gasteiger charge is 2.31. The Morgan fingerprint density at radius 1 is 1.19 bits per heavy atom. The van der Waals surface area contributed by atoms with Gasteiger partial charge in [0.25, 0.3) is 0 Å². The summed E-state index contributed by atoms with van der Waals surface area (Å²) >= 11 is 0. The lowest BCUT2D eigenvalue weighted by molar-refractivity contribution is -0.131. The van der Waals surface area contributed by atoms with E-state index in [-0.39, 0.29) is 17.7 Å². The van der Waals surface area contributed by atoms with Crippen LogP contribution < -0.4 is 5.32 Å². The largest absolute Gasteiger partial charge is 0.391 e. The number of carbonyl (C=O) groups excluding carboxylic acids is 2. The fourth-order valence-electron chi connectivity index (χ4n) is 3.01. The van der Waals surface area contributed by atoms with E-state index in [1.807, 2.05) is 0 Å². The van der Waals surface area contributed by atoms with E-state index < -0.39 is 6.10 Å². The Bertz CT molecular complexity index is 363. The topological polar surface area (TPSA) is 69.6 Å². The maximum atomic E-state index is 11.9. The second kappa shape index (κ2) is 7.78. The Morgan fingerprint density at radius 2 is 1.86 bits per heavy atom. The molecule has 2 aliphatic rings. The van der Waals surface area contributed by atoms with Gasteiger partial charge in [-0.1, -0.05) is 19.3 Å². The molecule has 0 aliphatic heterocycles. The van der Waals surface area contributed by atoms with Crippen LogP contribution in [0, 0.1) is 11.8 Å². The summed E-state index contributed by atoms with van der Waals surface area (Å²) < 4.78 is 0. The molecule has 0 aromatic carbocycles. The van der Waals surface area contributed by atoms with Gasteiger partial charge in [-0.25, -0.2) is 0 Å². The van der Waals surface area contributed by atoms with Crippen molar-refractivity contribution in [3.63, 3.8) is 0 Å². The van der Waals surface area contributed by atoms with Crippen molar-refractivity contribution < 1.29 is 14.7 Å². The minimum Gasteiger partial charge on any atom is -0.391 e. The van der Waals surface area contributed by atoms with E-state index in [4.69, 9.17) is 0 Å². The first-order valence-electron chi connectivity index (χ1n) is 8.27. The van der Waals surface area contributed by atoms with Crippen molar-refractivity contribution in [2.75, 3.05) is 20.1 Å². The molecule has 0 bridgehead atoms. The smallest absolute Gasteiger partial charge is 0.224 e. The van der Waals surface area contributed by atoms with Gasteiger partial charge in [0, 0.05) is 32.5 Å².